The number of aliphatic hydroxyl groups is 2. The lowest BCUT2D eigenvalue weighted by atomic mass is 9.89. The van der Waals surface area contributed by atoms with Crippen LogP contribution in [0, 0.1) is 10.8 Å². The van der Waals surface area contributed by atoms with Crippen LogP contribution in [0.4, 0.5) is 0 Å². The second-order valence-corrected chi connectivity index (χ2v) is 7.87. The van der Waals surface area contributed by atoms with E-state index in [2.05, 4.69) is 0 Å². The van der Waals surface area contributed by atoms with E-state index in [9.17, 15) is 19.8 Å². The predicted octanol–water partition coefficient (Wildman–Crippen LogP) is 4.71. The zero-order chi connectivity index (χ0) is 18.7. The minimum Gasteiger partial charge on any atom is -0.507 e. The molecule has 0 saturated heterocycles. The summed E-state index contributed by atoms with van der Waals surface area (Å²) < 4.78 is 0. The molecule has 0 aliphatic heterocycles. The van der Waals surface area contributed by atoms with Gasteiger partial charge >= 0.3 is 0 Å². The quantitative estimate of drug-likeness (QED) is 0.619. The van der Waals surface area contributed by atoms with Crippen molar-refractivity contribution in [1.82, 2.24) is 0 Å². The molecule has 0 spiro atoms. The summed E-state index contributed by atoms with van der Waals surface area (Å²) in [6.07, 6.45) is 2.40. The molecule has 0 bridgehead atoms. The maximum Gasteiger partial charge on any atom is 0.164 e. The zero-order valence-electron chi connectivity index (χ0n) is 15.2. The van der Waals surface area contributed by atoms with Crippen molar-refractivity contribution in [2.75, 3.05) is 0 Å². The minimum absolute atomic E-state index is 0.129. The summed E-state index contributed by atoms with van der Waals surface area (Å²) >= 11 is 0. The van der Waals surface area contributed by atoms with Gasteiger partial charge in [-0.25, -0.2) is 0 Å². The molecule has 0 fully saturated rings. The van der Waals surface area contributed by atoms with Crippen molar-refractivity contribution in [3.05, 3.63) is 47.5 Å². The number of hydrogen-bond acceptors (Lipinski definition) is 4. The van der Waals surface area contributed by atoms with Crippen molar-refractivity contribution < 1.29 is 19.8 Å². The topological polar surface area (TPSA) is 74.6 Å². The molecule has 0 heterocycles. The Labute approximate surface area is 143 Å². The molecule has 0 amide bonds. The largest absolute Gasteiger partial charge is 0.507 e. The van der Waals surface area contributed by atoms with Crippen LogP contribution in [0.2, 0.25) is 0 Å². The van der Waals surface area contributed by atoms with Gasteiger partial charge in [0.1, 0.15) is 11.5 Å². The van der Waals surface area contributed by atoms with Gasteiger partial charge in [0.15, 0.2) is 11.6 Å². The van der Waals surface area contributed by atoms with E-state index in [1.165, 1.54) is 12.2 Å². The number of hydrogen-bond donors (Lipinski definition) is 2. The summed E-state index contributed by atoms with van der Waals surface area (Å²) in [4.78, 5) is 23.8. The fourth-order valence-corrected chi connectivity index (χ4v) is 1.66. The van der Waals surface area contributed by atoms with Crippen LogP contribution in [0.3, 0.4) is 0 Å². The summed E-state index contributed by atoms with van der Waals surface area (Å²) in [7, 11) is 0. The van der Waals surface area contributed by atoms with E-state index < -0.39 is 10.8 Å². The Balaban J connectivity index is 3.02. The SMILES string of the molecule is CC(C)(C)C(=O)C=C(O)c1ccc(C(O)=CC(=O)C(C)(C)C)cc1. The van der Waals surface area contributed by atoms with Crippen molar-refractivity contribution in [3.63, 3.8) is 0 Å². The van der Waals surface area contributed by atoms with Crippen LogP contribution >= 0.6 is 0 Å². The first kappa shape index (κ1) is 19.7. The van der Waals surface area contributed by atoms with Crippen molar-refractivity contribution >= 4 is 23.1 Å². The molecule has 1 rings (SSSR count). The Morgan fingerprint density at radius 2 is 0.958 bits per heavy atom. The monoisotopic (exact) mass is 330 g/mol. The molecule has 0 unspecified atom stereocenters. The van der Waals surface area contributed by atoms with Crippen LogP contribution in [0.1, 0.15) is 52.7 Å². The predicted molar refractivity (Wildman–Crippen MR) is 96.6 cm³/mol. The number of aliphatic hydroxyl groups excluding tert-OH is 2. The standard InChI is InChI=1S/C20H26O4/c1-19(2,3)17(23)11-15(21)13-7-9-14(10-8-13)16(22)12-18(24)20(4,5)6/h7-12,21-22H,1-6H3. The second kappa shape index (κ2) is 7.04. The summed E-state index contributed by atoms with van der Waals surface area (Å²) in [5, 5.41) is 20.1. The van der Waals surface area contributed by atoms with Gasteiger partial charge in [0.25, 0.3) is 0 Å². The van der Waals surface area contributed by atoms with Gasteiger partial charge in [-0.15, -0.1) is 0 Å². The van der Waals surface area contributed by atoms with Crippen molar-refractivity contribution in [2.45, 2.75) is 41.5 Å². The summed E-state index contributed by atoms with van der Waals surface area (Å²) in [5.74, 6) is -0.614. The second-order valence-electron chi connectivity index (χ2n) is 7.87. The number of benzene rings is 1. The van der Waals surface area contributed by atoms with Gasteiger partial charge < -0.3 is 10.2 Å². The Kier molecular flexibility index (Phi) is 5.77. The van der Waals surface area contributed by atoms with Gasteiger partial charge in [0.05, 0.1) is 0 Å². The highest BCUT2D eigenvalue weighted by Crippen LogP contribution is 2.22. The van der Waals surface area contributed by atoms with Gasteiger partial charge in [-0.3, -0.25) is 9.59 Å². The van der Waals surface area contributed by atoms with Crippen molar-refractivity contribution in [1.29, 1.82) is 0 Å². The molecule has 0 aromatic heterocycles. The molecule has 0 saturated carbocycles. The molecule has 0 aliphatic rings. The fraction of sp³-hybridized carbons (Fsp3) is 0.400. The summed E-state index contributed by atoms with van der Waals surface area (Å²) in [6, 6.07) is 6.34. The van der Waals surface area contributed by atoms with E-state index in [4.69, 9.17) is 0 Å². The molecule has 2 N–H and O–H groups in total. The van der Waals surface area contributed by atoms with Gasteiger partial charge in [0.2, 0.25) is 0 Å². The van der Waals surface area contributed by atoms with Crippen molar-refractivity contribution in [3.8, 4) is 0 Å². The van der Waals surface area contributed by atoms with Crippen LogP contribution in [0.25, 0.3) is 11.5 Å². The van der Waals surface area contributed by atoms with Crippen molar-refractivity contribution in [2.24, 2.45) is 10.8 Å². The lowest BCUT2D eigenvalue weighted by molar-refractivity contribution is -0.122. The average molecular weight is 330 g/mol. The maximum absolute atomic E-state index is 11.9. The molecule has 130 valence electrons. The lowest BCUT2D eigenvalue weighted by Crippen LogP contribution is -2.18. The molecule has 24 heavy (non-hydrogen) atoms. The Bertz CT molecular complexity index is 617. The molecule has 0 radical (unpaired) electrons. The highest BCUT2D eigenvalue weighted by molar-refractivity contribution is 5.99. The zero-order valence-corrected chi connectivity index (χ0v) is 15.2. The molecular weight excluding hydrogens is 304 g/mol. The minimum atomic E-state index is -0.567. The van der Waals surface area contributed by atoms with Gasteiger partial charge in [-0.05, 0) is 0 Å². The molecule has 4 nitrogen and oxygen atoms in total. The number of allylic oxidation sites excluding steroid dienone is 2. The molecular formula is C20H26O4. The average Bonchev–Trinajstić information content (AvgIpc) is 2.45. The molecule has 4 heteroatoms. The molecule has 1 aromatic rings. The first-order valence-electron chi connectivity index (χ1n) is 7.83. The highest BCUT2D eigenvalue weighted by atomic mass is 16.3. The van der Waals surface area contributed by atoms with Gasteiger partial charge in [-0.2, -0.15) is 0 Å². The number of ketones is 2. The third-order valence-corrected chi connectivity index (χ3v) is 3.49. The van der Waals surface area contributed by atoms with Crippen LogP contribution in [0.5, 0.6) is 0 Å². The van der Waals surface area contributed by atoms with E-state index >= 15 is 0 Å². The molecule has 0 atom stereocenters. The van der Waals surface area contributed by atoms with E-state index in [1.807, 2.05) is 0 Å². The lowest BCUT2D eigenvalue weighted by Gasteiger charge is -2.14. The van der Waals surface area contributed by atoms with Crippen LogP contribution in [0.15, 0.2) is 36.4 Å². The summed E-state index contributed by atoms with van der Waals surface area (Å²) in [6.45, 7) is 10.7. The fourth-order valence-electron chi connectivity index (χ4n) is 1.66. The van der Waals surface area contributed by atoms with Gasteiger partial charge in [-0.1, -0.05) is 65.8 Å². The third-order valence-electron chi connectivity index (χ3n) is 3.49. The summed E-state index contributed by atoms with van der Waals surface area (Å²) in [5.41, 5.74) is -0.206. The number of carbonyl (C=O) groups excluding carboxylic acids is 2. The Morgan fingerprint density at radius 1 is 0.708 bits per heavy atom. The van der Waals surface area contributed by atoms with E-state index in [-0.39, 0.29) is 23.1 Å². The smallest absolute Gasteiger partial charge is 0.164 e. The highest BCUT2D eigenvalue weighted by Gasteiger charge is 2.21. The van der Waals surface area contributed by atoms with Gasteiger partial charge in [0, 0.05) is 34.1 Å². The molecule has 1 aromatic carbocycles. The van der Waals surface area contributed by atoms with E-state index in [0.29, 0.717) is 11.1 Å². The van der Waals surface area contributed by atoms with Crippen LogP contribution in [-0.2, 0) is 9.59 Å². The Morgan fingerprint density at radius 3 is 1.17 bits per heavy atom. The number of carbonyl (C=O) groups is 2. The van der Waals surface area contributed by atoms with Crippen LogP contribution in [-0.4, -0.2) is 21.8 Å². The first-order chi connectivity index (χ1) is 10.8. The third kappa shape index (κ3) is 5.37. The maximum atomic E-state index is 11.9. The first-order valence-corrected chi connectivity index (χ1v) is 7.83. The van der Waals surface area contributed by atoms with E-state index in [0.717, 1.165) is 0 Å². The Hall–Kier alpha value is -2.36. The molecule has 0 aliphatic carbocycles. The number of rotatable bonds is 4. The van der Waals surface area contributed by atoms with E-state index in [1.54, 1.807) is 65.8 Å². The normalized spacial score (nSPS) is 13.8. The van der Waals surface area contributed by atoms with Crippen LogP contribution < -0.4 is 0 Å².